The number of urea groups is 1. The topological polar surface area (TPSA) is 55.8 Å². The van der Waals surface area contributed by atoms with Crippen LogP contribution in [0, 0.1) is 17.8 Å². The Kier molecular flexibility index (Phi) is 7.63. The van der Waals surface area contributed by atoms with E-state index in [1.54, 1.807) is 0 Å². The van der Waals surface area contributed by atoms with Gasteiger partial charge in [-0.1, -0.05) is 13.8 Å². The van der Waals surface area contributed by atoms with Crippen LogP contribution in [0.4, 0.5) is 4.79 Å². The van der Waals surface area contributed by atoms with E-state index in [9.17, 15) is 4.79 Å². The van der Waals surface area contributed by atoms with Gasteiger partial charge in [0.25, 0.3) is 0 Å². The van der Waals surface area contributed by atoms with E-state index in [0.717, 1.165) is 63.7 Å². The molecule has 2 aliphatic rings. The molecule has 0 aliphatic carbocycles. The smallest absolute Gasteiger partial charge is 0.317 e. The first kappa shape index (κ1) is 18.5. The first-order chi connectivity index (χ1) is 11.1. The molecule has 134 valence electrons. The van der Waals surface area contributed by atoms with E-state index >= 15 is 0 Å². The summed E-state index contributed by atoms with van der Waals surface area (Å²) in [6, 6.07) is 0.0709. The maximum atomic E-state index is 12.1. The molecule has 5 nitrogen and oxygen atoms in total. The van der Waals surface area contributed by atoms with E-state index in [1.807, 2.05) is 4.90 Å². The van der Waals surface area contributed by atoms with Crippen molar-refractivity contribution in [1.29, 1.82) is 0 Å². The van der Waals surface area contributed by atoms with Crippen LogP contribution in [0.15, 0.2) is 0 Å². The van der Waals surface area contributed by atoms with E-state index < -0.39 is 0 Å². The summed E-state index contributed by atoms with van der Waals surface area (Å²) < 4.78 is 0. The van der Waals surface area contributed by atoms with Crippen LogP contribution in [0.25, 0.3) is 0 Å². The first-order valence-electron chi connectivity index (χ1n) is 9.44. The van der Waals surface area contributed by atoms with Gasteiger partial charge >= 0.3 is 6.03 Å². The van der Waals surface area contributed by atoms with Crippen molar-refractivity contribution in [3.8, 4) is 0 Å². The van der Waals surface area contributed by atoms with Crippen molar-refractivity contribution in [1.82, 2.24) is 15.1 Å². The number of amides is 2. The monoisotopic (exact) mass is 325 g/mol. The molecule has 0 bridgehead atoms. The van der Waals surface area contributed by atoms with Crippen LogP contribution in [0.5, 0.6) is 0 Å². The highest BCUT2D eigenvalue weighted by molar-refractivity contribution is 5.74. The Morgan fingerprint density at radius 3 is 2.39 bits per heavy atom. The summed E-state index contributed by atoms with van der Waals surface area (Å²) in [5, 5.41) is 12.2. The number of aliphatic hydroxyl groups is 1. The highest BCUT2D eigenvalue weighted by Gasteiger charge is 2.22. The molecule has 0 radical (unpaired) electrons. The Morgan fingerprint density at radius 1 is 1.13 bits per heavy atom. The van der Waals surface area contributed by atoms with Crippen molar-refractivity contribution in [3.63, 3.8) is 0 Å². The summed E-state index contributed by atoms with van der Waals surface area (Å²) in [5.74, 6) is 2.02. The molecule has 2 amide bonds. The summed E-state index contributed by atoms with van der Waals surface area (Å²) >= 11 is 0. The number of hydrogen-bond donors (Lipinski definition) is 2. The first-order valence-corrected chi connectivity index (χ1v) is 9.44. The fourth-order valence-electron chi connectivity index (χ4n) is 4.06. The Balaban J connectivity index is 1.52. The third-order valence-corrected chi connectivity index (χ3v) is 5.28. The van der Waals surface area contributed by atoms with Crippen LogP contribution in [0.3, 0.4) is 0 Å². The lowest BCUT2D eigenvalue weighted by molar-refractivity contribution is 0.135. The lowest BCUT2D eigenvalue weighted by atomic mass is 9.92. The van der Waals surface area contributed by atoms with Gasteiger partial charge in [-0.3, -0.25) is 0 Å². The summed E-state index contributed by atoms with van der Waals surface area (Å²) in [5.41, 5.74) is 0. The fourth-order valence-corrected chi connectivity index (χ4v) is 4.06. The predicted molar refractivity (Wildman–Crippen MR) is 93.4 cm³/mol. The van der Waals surface area contributed by atoms with Gasteiger partial charge < -0.3 is 20.2 Å². The van der Waals surface area contributed by atoms with Crippen LogP contribution >= 0.6 is 0 Å². The maximum absolute atomic E-state index is 12.1. The number of nitrogens with one attached hydrogen (secondary N) is 1. The van der Waals surface area contributed by atoms with E-state index in [4.69, 9.17) is 5.11 Å². The minimum Gasteiger partial charge on any atom is -0.396 e. The summed E-state index contributed by atoms with van der Waals surface area (Å²) in [7, 11) is 0. The second-order valence-corrected chi connectivity index (χ2v) is 7.76. The molecule has 2 N–H and O–H groups in total. The quantitative estimate of drug-likeness (QED) is 0.736. The second-order valence-electron chi connectivity index (χ2n) is 7.76. The molecule has 2 aliphatic heterocycles. The van der Waals surface area contributed by atoms with Gasteiger partial charge in [-0.15, -0.1) is 0 Å². The Labute approximate surface area is 141 Å². The summed E-state index contributed by atoms with van der Waals surface area (Å²) in [4.78, 5) is 16.6. The molecule has 0 aromatic rings. The van der Waals surface area contributed by atoms with Crippen molar-refractivity contribution < 1.29 is 9.90 Å². The largest absolute Gasteiger partial charge is 0.396 e. The number of carbonyl (C=O) groups excluding carboxylic acids is 1. The number of aliphatic hydroxyl groups excluding tert-OH is 1. The normalized spacial score (nSPS) is 27.2. The number of piperidine rings is 2. The minimum absolute atomic E-state index is 0.0709. The molecular weight excluding hydrogens is 290 g/mol. The number of carbonyl (C=O) groups is 1. The molecular formula is C18H35N3O2. The standard InChI is InChI=1S/C18H35N3O2/c1-15-11-16(2)13-20(12-15)8-4-3-7-19-18(23)21-9-5-17(14-22)6-10-21/h15-17,22H,3-14H2,1-2H3,(H,19,23). The van der Waals surface area contributed by atoms with Crippen LogP contribution in [0.1, 0.15) is 46.0 Å². The molecule has 23 heavy (non-hydrogen) atoms. The second kappa shape index (κ2) is 9.48. The van der Waals surface area contributed by atoms with Crippen LogP contribution in [0.2, 0.25) is 0 Å². The number of rotatable bonds is 6. The van der Waals surface area contributed by atoms with Crippen molar-refractivity contribution in [2.75, 3.05) is 45.9 Å². The Bertz CT molecular complexity index is 346. The van der Waals surface area contributed by atoms with E-state index in [1.165, 1.54) is 19.5 Å². The number of hydrogen-bond acceptors (Lipinski definition) is 3. The zero-order valence-electron chi connectivity index (χ0n) is 15.0. The Morgan fingerprint density at radius 2 is 1.78 bits per heavy atom. The molecule has 0 aromatic heterocycles. The third-order valence-electron chi connectivity index (χ3n) is 5.28. The fraction of sp³-hybridized carbons (Fsp3) is 0.944. The third kappa shape index (κ3) is 6.30. The molecule has 2 atom stereocenters. The van der Waals surface area contributed by atoms with Gasteiger partial charge in [0, 0.05) is 39.3 Å². The van der Waals surface area contributed by atoms with Gasteiger partial charge in [0.15, 0.2) is 0 Å². The lowest BCUT2D eigenvalue weighted by Crippen LogP contribution is -2.45. The predicted octanol–water partition coefficient (Wildman–Crippen LogP) is 2.16. The zero-order valence-corrected chi connectivity index (χ0v) is 15.0. The lowest BCUT2D eigenvalue weighted by Gasteiger charge is -2.35. The molecule has 2 fully saturated rings. The van der Waals surface area contributed by atoms with Crippen molar-refractivity contribution in [3.05, 3.63) is 0 Å². The van der Waals surface area contributed by atoms with Gasteiger partial charge in [-0.25, -0.2) is 4.79 Å². The highest BCUT2D eigenvalue weighted by Crippen LogP contribution is 2.21. The van der Waals surface area contributed by atoms with Gasteiger partial charge in [0.1, 0.15) is 0 Å². The average Bonchev–Trinajstić information content (AvgIpc) is 2.53. The summed E-state index contributed by atoms with van der Waals surface area (Å²) in [6.07, 6.45) is 5.43. The van der Waals surface area contributed by atoms with Crippen LogP contribution < -0.4 is 5.32 Å². The molecule has 5 heteroatoms. The molecule has 2 heterocycles. The summed E-state index contributed by atoms with van der Waals surface area (Å²) in [6.45, 7) is 10.9. The number of likely N-dealkylation sites (tertiary alicyclic amines) is 2. The Hall–Kier alpha value is -0.810. The SMILES string of the molecule is CC1CC(C)CN(CCCCNC(=O)N2CCC(CO)CC2)C1. The van der Waals surface area contributed by atoms with E-state index in [-0.39, 0.29) is 12.6 Å². The molecule has 0 saturated carbocycles. The van der Waals surface area contributed by atoms with Crippen molar-refractivity contribution in [2.45, 2.75) is 46.0 Å². The molecule has 0 aromatic carbocycles. The van der Waals surface area contributed by atoms with Gasteiger partial charge in [0.2, 0.25) is 0 Å². The van der Waals surface area contributed by atoms with Gasteiger partial charge in [-0.2, -0.15) is 0 Å². The number of nitrogens with zero attached hydrogens (tertiary/aromatic N) is 2. The van der Waals surface area contributed by atoms with Crippen molar-refractivity contribution in [2.24, 2.45) is 17.8 Å². The van der Waals surface area contributed by atoms with Gasteiger partial charge in [0.05, 0.1) is 0 Å². The number of unbranched alkanes of at least 4 members (excludes halogenated alkanes) is 1. The average molecular weight is 325 g/mol. The minimum atomic E-state index is 0.0709. The van der Waals surface area contributed by atoms with Crippen molar-refractivity contribution >= 4 is 6.03 Å². The van der Waals surface area contributed by atoms with E-state index in [2.05, 4.69) is 24.1 Å². The molecule has 2 rings (SSSR count). The van der Waals surface area contributed by atoms with Crippen LogP contribution in [-0.2, 0) is 0 Å². The van der Waals surface area contributed by atoms with E-state index in [0.29, 0.717) is 5.92 Å². The van der Waals surface area contributed by atoms with Crippen LogP contribution in [-0.4, -0.2) is 66.8 Å². The highest BCUT2D eigenvalue weighted by atomic mass is 16.3. The molecule has 0 spiro atoms. The maximum Gasteiger partial charge on any atom is 0.317 e. The molecule has 2 saturated heterocycles. The molecule has 2 unspecified atom stereocenters. The van der Waals surface area contributed by atoms with Gasteiger partial charge in [-0.05, 0) is 56.4 Å². The zero-order chi connectivity index (χ0) is 16.7.